The lowest BCUT2D eigenvalue weighted by Gasteiger charge is -2.30. The molecular weight excluding hydrogens is 463 g/mol. The van der Waals surface area contributed by atoms with Crippen LogP contribution >= 0.6 is 39.1 Å². The van der Waals surface area contributed by atoms with Crippen LogP contribution in [0.2, 0.25) is 10.0 Å². The first kappa shape index (κ1) is 21.0. The predicted molar refractivity (Wildman–Crippen MR) is 111 cm³/mol. The molecule has 1 N–H and O–H groups in total. The fraction of sp³-hybridized carbons (Fsp3) is 0.235. The molecule has 0 unspecified atom stereocenters. The first-order valence-corrected chi connectivity index (χ1v) is 11.0. The lowest BCUT2D eigenvalue weighted by atomic mass is 10.2. The largest absolute Gasteiger partial charge is 0.324 e. The molecule has 2 aromatic carbocycles. The van der Waals surface area contributed by atoms with Crippen molar-refractivity contribution in [1.29, 1.82) is 0 Å². The predicted octanol–water partition coefficient (Wildman–Crippen LogP) is 4.94. The summed E-state index contributed by atoms with van der Waals surface area (Å²) < 4.78 is 26.5. The number of anilines is 2. The van der Waals surface area contributed by atoms with E-state index in [1.165, 1.54) is 6.07 Å². The molecule has 0 aliphatic heterocycles. The van der Waals surface area contributed by atoms with Crippen LogP contribution in [-0.2, 0) is 14.8 Å². The zero-order valence-electron chi connectivity index (χ0n) is 14.0. The van der Waals surface area contributed by atoms with Crippen molar-refractivity contribution in [3.63, 3.8) is 0 Å². The summed E-state index contributed by atoms with van der Waals surface area (Å²) in [6.45, 7) is 1.74. The molecule has 0 aliphatic carbocycles. The van der Waals surface area contributed by atoms with E-state index in [1.807, 2.05) is 0 Å². The average molecular weight is 480 g/mol. The van der Waals surface area contributed by atoms with E-state index in [9.17, 15) is 13.2 Å². The van der Waals surface area contributed by atoms with Crippen molar-refractivity contribution < 1.29 is 13.2 Å². The third kappa shape index (κ3) is 5.13. The van der Waals surface area contributed by atoms with Gasteiger partial charge in [0, 0.05) is 15.2 Å². The first-order valence-electron chi connectivity index (χ1n) is 7.64. The Bertz CT molecular complexity index is 922. The van der Waals surface area contributed by atoms with Gasteiger partial charge < -0.3 is 5.32 Å². The first-order chi connectivity index (χ1) is 12.1. The van der Waals surface area contributed by atoms with Gasteiger partial charge in [0.25, 0.3) is 0 Å². The highest BCUT2D eigenvalue weighted by molar-refractivity contribution is 9.10. The number of hydrogen-bond donors (Lipinski definition) is 1. The Labute approximate surface area is 171 Å². The van der Waals surface area contributed by atoms with Gasteiger partial charge in [-0.25, -0.2) is 8.42 Å². The topological polar surface area (TPSA) is 66.5 Å². The number of amides is 1. The van der Waals surface area contributed by atoms with E-state index < -0.39 is 22.0 Å². The van der Waals surface area contributed by atoms with E-state index in [-0.39, 0.29) is 6.42 Å². The Hall–Kier alpha value is -1.28. The van der Waals surface area contributed by atoms with Crippen molar-refractivity contribution in [3.8, 4) is 0 Å². The molecule has 0 saturated heterocycles. The molecule has 9 heteroatoms. The standard InChI is InChI=1S/C17H17BrCl2N2O3S/c1-3-16(17(23)21-12-7-8-14(18)15(20)10-12)22(26(2,24)25)13-6-4-5-11(19)9-13/h4-10,16H,3H2,1-2H3,(H,21,23)/t16-/m0/s1. The number of benzene rings is 2. The van der Waals surface area contributed by atoms with E-state index in [2.05, 4.69) is 21.2 Å². The van der Waals surface area contributed by atoms with E-state index >= 15 is 0 Å². The van der Waals surface area contributed by atoms with Gasteiger partial charge in [0.05, 0.1) is 17.0 Å². The van der Waals surface area contributed by atoms with E-state index in [0.29, 0.717) is 25.9 Å². The third-order valence-corrected chi connectivity index (χ3v) is 6.23. The van der Waals surface area contributed by atoms with Crippen molar-refractivity contribution in [2.24, 2.45) is 0 Å². The maximum atomic E-state index is 12.8. The molecule has 0 spiro atoms. The van der Waals surface area contributed by atoms with Crippen molar-refractivity contribution in [2.45, 2.75) is 19.4 Å². The normalized spacial score (nSPS) is 12.5. The number of rotatable bonds is 6. The minimum Gasteiger partial charge on any atom is -0.324 e. The minimum atomic E-state index is -3.72. The highest BCUT2D eigenvalue weighted by atomic mass is 79.9. The van der Waals surface area contributed by atoms with Gasteiger partial charge >= 0.3 is 0 Å². The number of sulfonamides is 1. The van der Waals surface area contributed by atoms with Crippen molar-refractivity contribution >= 4 is 66.4 Å². The Morgan fingerprint density at radius 1 is 1.23 bits per heavy atom. The Kier molecular flexibility index (Phi) is 6.96. The summed E-state index contributed by atoms with van der Waals surface area (Å²) in [6, 6.07) is 10.4. The van der Waals surface area contributed by atoms with Gasteiger partial charge in [-0.05, 0) is 58.7 Å². The summed E-state index contributed by atoms with van der Waals surface area (Å²) in [7, 11) is -3.72. The molecule has 2 rings (SSSR count). The summed E-state index contributed by atoms with van der Waals surface area (Å²) in [4.78, 5) is 12.8. The van der Waals surface area contributed by atoms with Gasteiger partial charge in [0.1, 0.15) is 6.04 Å². The highest BCUT2D eigenvalue weighted by Crippen LogP contribution is 2.28. The van der Waals surface area contributed by atoms with Crippen LogP contribution in [0, 0.1) is 0 Å². The number of hydrogen-bond acceptors (Lipinski definition) is 3. The Balaban J connectivity index is 2.38. The summed E-state index contributed by atoms with van der Waals surface area (Å²) in [5, 5.41) is 3.53. The molecule has 1 amide bonds. The molecule has 0 saturated carbocycles. The average Bonchev–Trinajstić information content (AvgIpc) is 2.54. The number of carbonyl (C=O) groups is 1. The summed E-state index contributed by atoms with van der Waals surface area (Å²) >= 11 is 15.3. The van der Waals surface area contributed by atoms with Crippen molar-refractivity contribution in [1.82, 2.24) is 0 Å². The highest BCUT2D eigenvalue weighted by Gasteiger charge is 2.31. The Morgan fingerprint density at radius 2 is 1.92 bits per heavy atom. The zero-order chi connectivity index (χ0) is 19.5. The van der Waals surface area contributed by atoms with Crippen LogP contribution in [0.25, 0.3) is 0 Å². The zero-order valence-corrected chi connectivity index (χ0v) is 18.0. The minimum absolute atomic E-state index is 0.273. The van der Waals surface area contributed by atoms with Crippen LogP contribution < -0.4 is 9.62 Å². The number of halogens is 3. The van der Waals surface area contributed by atoms with Gasteiger partial charge in [-0.15, -0.1) is 0 Å². The summed E-state index contributed by atoms with van der Waals surface area (Å²) in [5.41, 5.74) is 0.803. The SMILES string of the molecule is CC[C@@H](C(=O)Nc1ccc(Br)c(Cl)c1)N(c1cccc(Cl)c1)S(C)(=O)=O. The second kappa shape index (κ2) is 8.61. The van der Waals surface area contributed by atoms with Gasteiger partial charge in [-0.2, -0.15) is 0 Å². The Morgan fingerprint density at radius 3 is 2.46 bits per heavy atom. The molecule has 0 aromatic heterocycles. The van der Waals surface area contributed by atoms with Gasteiger partial charge in [0.15, 0.2) is 0 Å². The molecule has 0 heterocycles. The number of nitrogens with one attached hydrogen (secondary N) is 1. The fourth-order valence-corrected chi connectivity index (χ4v) is 4.29. The van der Waals surface area contributed by atoms with Crippen LogP contribution in [0.1, 0.15) is 13.3 Å². The van der Waals surface area contributed by atoms with Crippen molar-refractivity contribution in [2.75, 3.05) is 15.9 Å². The maximum absolute atomic E-state index is 12.8. The second-order valence-electron chi connectivity index (χ2n) is 5.58. The quantitative estimate of drug-likeness (QED) is 0.638. The molecule has 0 aliphatic rings. The summed E-state index contributed by atoms with van der Waals surface area (Å²) in [5.74, 6) is -0.462. The number of nitrogens with zero attached hydrogens (tertiary/aromatic N) is 1. The monoisotopic (exact) mass is 478 g/mol. The van der Waals surface area contributed by atoms with Crippen LogP contribution in [0.3, 0.4) is 0 Å². The smallest absolute Gasteiger partial charge is 0.248 e. The van der Waals surface area contributed by atoms with E-state index in [0.717, 1.165) is 10.6 Å². The second-order valence-corrected chi connectivity index (χ2v) is 9.14. The molecule has 0 fully saturated rings. The van der Waals surface area contributed by atoms with Crippen LogP contribution in [-0.4, -0.2) is 26.6 Å². The van der Waals surface area contributed by atoms with Gasteiger partial charge in [-0.3, -0.25) is 9.10 Å². The molecule has 26 heavy (non-hydrogen) atoms. The summed E-state index contributed by atoms with van der Waals surface area (Å²) in [6.07, 6.45) is 1.33. The lowest BCUT2D eigenvalue weighted by molar-refractivity contribution is -0.117. The molecule has 2 aromatic rings. The van der Waals surface area contributed by atoms with Crippen LogP contribution in [0.4, 0.5) is 11.4 Å². The van der Waals surface area contributed by atoms with E-state index in [1.54, 1.807) is 43.3 Å². The fourth-order valence-electron chi connectivity index (χ4n) is 2.47. The molecular formula is C17H17BrCl2N2O3S. The van der Waals surface area contributed by atoms with Crippen molar-refractivity contribution in [3.05, 3.63) is 57.0 Å². The number of carbonyl (C=O) groups excluding carboxylic acids is 1. The van der Waals surface area contributed by atoms with Crippen LogP contribution in [0.15, 0.2) is 46.9 Å². The van der Waals surface area contributed by atoms with Crippen LogP contribution in [0.5, 0.6) is 0 Å². The molecule has 1 atom stereocenters. The van der Waals surface area contributed by atoms with Gasteiger partial charge in [0.2, 0.25) is 15.9 Å². The molecule has 0 bridgehead atoms. The molecule has 0 radical (unpaired) electrons. The lowest BCUT2D eigenvalue weighted by Crippen LogP contribution is -2.47. The third-order valence-electron chi connectivity index (χ3n) is 3.58. The van der Waals surface area contributed by atoms with E-state index in [4.69, 9.17) is 23.2 Å². The van der Waals surface area contributed by atoms with Gasteiger partial charge in [-0.1, -0.05) is 36.2 Å². The molecule has 140 valence electrons. The molecule has 5 nitrogen and oxygen atoms in total. The maximum Gasteiger partial charge on any atom is 0.248 e.